The van der Waals surface area contributed by atoms with Crippen LogP contribution in [0.15, 0.2) is 6.07 Å². The molecule has 0 bridgehead atoms. The average molecular weight is 188 g/mol. The molecule has 1 heterocycles. The van der Waals surface area contributed by atoms with Gasteiger partial charge in [0, 0.05) is 6.07 Å². The normalized spacial score (nSPS) is 10.9. The third kappa shape index (κ3) is 0.896. The van der Waals surface area contributed by atoms with E-state index in [4.69, 9.17) is 0 Å². The molecule has 0 aliphatic carbocycles. The number of halogens is 3. The maximum atomic E-state index is 12.8. The van der Waals surface area contributed by atoms with Crippen molar-refractivity contribution < 1.29 is 13.2 Å². The van der Waals surface area contributed by atoms with Gasteiger partial charge in [-0.25, -0.2) is 18.2 Å². The van der Waals surface area contributed by atoms with Gasteiger partial charge >= 0.3 is 0 Å². The molecule has 2 rings (SSSR count). The Morgan fingerprint density at radius 1 is 1.25 bits per heavy atom. The number of nitrogens with zero attached hydrogens (tertiary/aromatic N) is 1. The van der Waals surface area contributed by atoms with Gasteiger partial charge in [0.25, 0.3) is 0 Å². The summed E-state index contributed by atoms with van der Waals surface area (Å²) >= 11 is 0.819. The van der Waals surface area contributed by atoms with E-state index in [1.807, 2.05) is 0 Å². The third-order valence-corrected chi connectivity index (χ3v) is 2.18. The van der Waals surface area contributed by atoms with Crippen molar-refractivity contribution in [3.8, 4) is 0 Å². The summed E-state index contributed by atoms with van der Waals surface area (Å²) in [6.07, 6.45) is 0. The monoisotopic (exact) mass is 188 g/mol. The molecule has 0 saturated heterocycles. The Hall–Kier alpha value is -1.10. The molecule has 0 spiro atoms. The summed E-state index contributed by atoms with van der Waals surface area (Å²) in [4.78, 5) is 3.38. The van der Waals surface area contributed by atoms with Gasteiger partial charge in [-0.2, -0.15) is 0 Å². The number of fused-ring (bicyclic) bond motifs is 1. The fourth-order valence-electron chi connectivity index (χ4n) is 0.877. The van der Waals surface area contributed by atoms with E-state index in [9.17, 15) is 13.2 Å². The minimum absolute atomic E-state index is 0.00565. The van der Waals surface area contributed by atoms with Crippen LogP contribution in [-0.2, 0) is 0 Å². The lowest BCUT2D eigenvalue weighted by Gasteiger charge is -1.93. The topological polar surface area (TPSA) is 12.9 Å². The lowest BCUT2D eigenvalue weighted by molar-refractivity contribution is 0.505. The fraction of sp³-hybridized carbons (Fsp3) is 0. The van der Waals surface area contributed by atoms with E-state index in [1.165, 1.54) is 0 Å². The molecule has 2 aromatic rings. The largest absolute Gasteiger partial charge is 0.230 e. The van der Waals surface area contributed by atoms with Crippen molar-refractivity contribution in [2.45, 2.75) is 0 Å². The van der Waals surface area contributed by atoms with E-state index in [2.05, 4.69) is 10.5 Å². The van der Waals surface area contributed by atoms with E-state index in [1.54, 1.807) is 0 Å². The smallest absolute Gasteiger partial charge is 0.186 e. The Balaban J connectivity index is 2.97. The summed E-state index contributed by atoms with van der Waals surface area (Å²) in [5.74, 6) is -3.15. The zero-order chi connectivity index (χ0) is 8.72. The molecule has 0 N–H and O–H groups in total. The van der Waals surface area contributed by atoms with Crippen LogP contribution in [0.1, 0.15) is 0 Å². The van der Waals surface area contributed by atoms with Gasteiger partial charge in [-0.05, 0) is 0 Å². The van der Waals surface area contributed by atoms with Crippen molar-refractivity contribution in [2.75, 3.05) is 0 Å². The zero-order valence-electron chi connectivity index (χ0n) is 5.57. The fourth-order valence-corrected chi connectivity index (χ4v) is 1.49. The van der Waals surface area contributed by atoms with Gasteiger partial charge in [-0.3, -0.25) is 0 Å². The molecule has 5 heteroatoms. The number of hydrogen-bond acceptors (Lipinski definition) is 2. The number of aromatic nitrogens is 1. The second kappa shape index (κ2) is 2.45. The van der Waals surface area contributed by atoms with Crippen LogP contribution in [0.5, 0.6) is 0 Å². The predicted octanol–water partition coefficient (Wildman–Crippen LogP) is 2.51. The lowest BCUT2D eigenvalue weighted by Crippen LogP contribution is -1.88. The molecule has 0 aliphatic rings. The summed E-state index contributed by atoms with van der Waals surface area (Å²) < 4.78 is 38.1. The first-order valence-electron chi connectivity index (χ1n) is 3.00. The maximum absolute atomic E-state index is 12.8. The summed E-state index contributed by atoms with van der Waals surface area (Å²) in [7, 11) is 0. The molecule has 0 unspecified atom stereocenters. The van der Waals surface area contributed by atoms with Crippen LogP contribution in [0.3, 0.4) is 0 Å². The van der Waals surface area contributed by atoms with Crippen molar-refractivity contribution >= 4 is 21.6 Å². The van der Waals surface area contributed by atoms with Crippen LogP contribution >= 0.6 is 11.3 Å². The van der Waals surface area contributed by atoms with Crippen LogP contribution in [-0.4, -0.2) is 4.98 Å². The van der Waals surface area contributed by atoms with Crippen LogP contribution in [0.25, 0.3) is 10.2 Å². The molecule has 1 aromatic heterocycles. The number of rotatable bonds is 0. The minimum atomic E-state index is -1.22. The van der Waals surface area contributed by atoms with Gasteiger partial charge in [-0.1, -0.05) is 0 Å². The van der Waals surface area contributed by atoms with Gasteiger partial charge in [0.05, 0.1) is 4.70 Å². The van der Waals surface area contributed by atoms with Gasteiger partial charge in [0.2, 0.25) is 0 Å². The molecule has 0 fully saturated rings. The number of thiazole rings is 1. The van der Waals surface area contributed by atoms with Crippen LogP contribution < -0.4 is 0 Å². The van der Waals surface area contributed by atoms with Gasteiger partial charge in [-0.15, -0.1) is 11.3 Å². The molecule has 61 valence electrons. The Labute approximate surface area is 69.5 Å². The molecule has 0 saturated carbocycles. The van der Waals surface area contributed by atoms with E-state index in [-0.39, 0.29) is 10.2 Å². The van der Waals surface area contributed by atoms with Crippen molar-refractivity contribution in [3.63, 3.8) is 0 Å². The van der Waals surface area contributed by atoms with Crippen LogP contribution in [0, 0.1) is 23.0 Å². The van der Waals surface area contributed by atoms with Gasteiger partial charge < -0.3 is 0 Å². The van der Waals surface area contributed by atoms with Crippen molar-refractivity contribution in [2.24, 2.45) is 0 Å². The van der Waals surface area contributed by atoms with E-state index < -0.39 is 17.5 Å². The van der Waals surface area contributed by atoms with Crippen LogP contribution in [0.4, 0.5) is 13.2 Å². The molecule has 12 heavy (non-hydrogen) atoms. The standard InChI is InChI=1S/C7HF3NS/c8-3-1-4(9)7-6(5(3)10)11-2-12-7/h1H. The lowest BCUT2D eigenvalue weighted by atomic mass is 10.3. The summed E-state index contributed by atoms with van der Waals surface area (Å²) in [6.45, 7) is 0. The first kappa shape index (κ1) is 7.54. The first-order chi connectivity index (χ1) is 5.70. The Bertz CT molecular complexity index is 437. The van der Waals surface area contributed by atoms with Crippen LogP contribution in [0.2, 0.25) is 0 Å². The highest BCUT2D eigenvalue weighted by molar-refractivity contribution is 7.16. The first-order valence-corrected chi connectivity index (χ1v) is 3.82. The molecular weight excluding hydrogens is 187 g/mol. The van der Waals surface area contributed by atoms with E-state index in [0.29, 0.717) is 6.07 Å². The quantitative estimate of drug-likeness (QED) is 0.579. The maximum Gasteiger partial charge on any atom is 0.186 e. The highest BCUT2D eigenvalue weighted by Gasteiger charge is 2.14. The molecule has 1 nitrogen and oxygen atoms in total. The predicted molar refractivity (Wildman–Crippen MR) is 38.3 cm³/mol. The Morgan fingerprint density at radius 2 is 2.00 bits per heavy atom. The van der Waals surface area contributed by atoms with E-state index >= 15 is 0 Å². The Kier molecular flexibility index (Phi) is 1.54. The van der Waals surface area contributed by atoms with Crippen molar-refractivity contribution in [1.29, 1.82) is 0 Å². The van der Waals surface area contributed by atoms with E-state index in [0.717, 1.165) is 11.3 Å². The number of benzene rings is 1. The summed E-state index contributed by atoms with van der Waals surface area (Å²) in [5.41, 5.74) is 2.00. The summed E-state index contributed by atoms with van der Waals surface area (Å²) in [6, 6.07) is 0.504. The third-order valence-electron chi connectivity index (χ3n) is 1.41. The molecule has 1 aromatic carbocycles. The summed E-state index contributed by atoms with van der Waals surface area (Å²) in [5, 5.41) is 0. The molecular formula is C7HF3NS. The molecule has 0 amide bonds. The molecule has 0 aliphatic heterocycles. The second-order valence-electron chi connectivity index (χ2n) is 2.14. The highest BCUT2D eigenvalue weighted by atomic mass is 32.1. The van der Waals surface area contributed by atoms with Crippen molar-refractivity contribution in [3.05, 3.63) is 29.0 Å². The van der Waals surface area contributed by atoms with Gasteiger partial charge in [0.15, 0.2) is 17.1 Å². The SMILES string of the molecule is Fc1cc(F)c2s[c]nc2c1F. The zero-order valence-corrected chi connectivity index (χ0v) is 6.38. The Morgan fingerprint density at radius 3 is 2.75 bits per heavy atom. The molecule has 1 radical (unpaired) electrons. The average Bonchev–Trinajstić information content (AvgIpc) is 2.48. The van der Waals surface area contributed by atoms with Crippen molar-refractivity contribution in [1.82, 2.24) is 4.98 Å². The number of hydrogen-bond donors (Lipinski definition) is 0. The second-order valence-corrected chi connectivity index (χ2v) is 2.93. The minimum Gasteiger partial charge on any atom is -0.230 e. The van der Waals surface area contributed by atoms with Gasteiger partial charge in [0.1, 0.15) is 11.3 Å². The molecule has 0 atom stereocenters. The highest BCUT2D eigenvalue weighted by Crippen LogP contribution is 2.25.